The zero-order chi connectivity index (χ0) is 7.82. The van der Waals surface area contributed by atoms with Gasteiger partial charge in [-0.15, -0.1) is 0 Å². The highest BCUT2D eigenvalue weighted by Gasteiger charge is 2.05. The molecule has 0 spiro atoms. The monoisotopic (exact) mass is 144 g/mol. The molecule has 1 aliphatic rings. The van der Waals surface area contributed by atoms with Gasteiger partial charge in [0, 0.05) is 1.43 Å². The number of rotatable bonds is 0. The third-order valence-corrected chi connectivity index (χ3v) is 1.89. The van der Waals surface area contributed by atoms with Crippen molar-refractivity contribution >= 4 is 0 Å². The maximum atomic E-state index is 2.36. The second kappa shape index (κ2) is 7.11. The third kappa shape index (κ3) is 6.12. The standard InChI is InChI=1S/C7H14.C3H8.H2/c1-7-5-3-2-4-6-7;1-3-2;/h7H,2-6H2,1H3;3H2,1-2H3;1H. The largest absolute Gasteiger partial charge is 0.0656 e. The third-order valence-electron chi connectivity index (χ3n) is 1.89. The summed E-state index contributed by atoms with van der Waals surface area (Å²) in [6.45, 7) is 6.61. The van der Waals surface area contributed by atoms with E-state index >= 15 is 0 Å². The van der Waals surface area contributed by atoms with Crippen LogP contribution in [0.25, 0.3) is 0 Å². The molecule has 0 amide bonds. The van der Waals surface area contributed by atoms with Crippen LogP contribution in [0.5, 0.6) is 0 Å². The minimum atomic E-state index is 0. The molecule has 1 aliphatic carbocycles. The lowest BCUT2D eigenvalue weighted by atomic mass is 9.91. The first kappa shape index (κ1) is 10.0. The Balaban J connectivity index is 0. The van der Waals surface area contributed by atoms with E-state index in [0.717, 1.165) is 5.92 Å². The summed E-state index contributed by atoms with van der Waals surface area (Å²) in [6, 6.07) is 0. The fourth-order valence-corrected chi connectivity index (χ4v) is 1.31. The van der Waals surface area contributed by atoms with Crippen LogP contribution in [0.3, 0.4) is 0 Å². The first-order chi connectivity index (χ1) is 4.81. The molecule has 0 bridgehead atoms. The molecule has 0 saturated heterocycles. The van der Waals surface area contributed by atoms with E-state index < -0.39 is 0 Å². The maximum Gasteiger partial charge on any atom is 0 e. The number of hydrogen-bond acceptors (Lipinski definition) is 0. The first-order valence-corrected chi connectivity index (χ1v) is 4.81. The normalized spacial score (nSPS) is 19.5. The van der Waals surface area contributed by atoms with Crippen LogP contribution in [-0.2, 0) is 0 Å². The summed E-state index contributed by atoms with van der Waals surface area (Å²) in [4.78, 5) is 0. The average Bonchev–Trinajstić information content (AvgIpc) is 1.91. The van der Waals surface area contributed by atoms with Gasteiger partial charge in [0.2, 0.25) is 0 Å². The first-order valence-electron chi connectivity index (χ1n) is 4.81. The van der Waals surface area contributed by atoms with Crippen molar-refractivity contribution in [1.29, 1.82) is 0 Å². The predicted octanol–water partition coefficient (Wildman–Crippen LogP) is 4.25. The van der Waals surface area contributed by atoms with E-state index in [1.807, 2.05) is 0 Å². The Morgan fingerprint density at radius 3 is 1.70 bits per heavy atom. The topological polar surface area (TPSA) is 0 Å². The van der Waals surface area contributed by atoms with Gasteiger partial charge in [-0.2, -0.15) is 0 Å². The van der Waals surface area contributed by atoms with Gasteiger partial charge in [0.1, 0.15) is 0 Å². The van der Waals surface area contributed by atoms with E-state index in [9.17, 15) is 0 Å². The van der Waals surface area contributed by atoms with Gasteiger partial charge in [-0.3, -0.25) is 0 Å². The van der Waals surface area contributed by atoms with Crippen molar-refractivity contribution in [3.8, 4) is 0 Å². The molecule has 0 heterocycles. The zero-order valence-corrected chi connectivity index (χ0v) is 7.82. The molecule has 0 aromatic rings. The zero-order valence-electron chi connectivity index (χ0n) is 7.82. The average molecular weight is 144 g/mol. The van der Waals surface area contributed by atoms with Crippen LogP contribution in [0.2, 0.25) is 0 Å². The molecule has 1 fully saturated rings. The molecule has 0 aliphatic heterocycles. The van der Waals surface area contributed by atoms with E-state index in [-0.39, 0.29) is 1.43 Å². The summed E-state index contributed by atoms with van der Waals surface area (Å²) in [6.07, 6.45) is 8.69. The smallest absolute Gasteiger partial charge is 0 e. The minimum absolute atomic E-state index is 0. The molecule has 0 aromatic carbocycles. The fourth-order valence-electron chi connectivity index (χ4n) is 1.31. The van der Waals surface area contributed by atoms with Crippen molar-refractivity contribution in [1.82, 2.24) is 0 Å². The van der Waals surface area contributed by atoms with Gasteiger partial charge in [-0.25, -0.2) is 0 Å². The Labute approximate surface area is 67.5 Å². The lowest BCUT2D eigenvalue weighted by Gasteiger charge is -2.15. The fraction of sp³-hybridized carbons (Fsp3) is 1.00. The second-order valence-corrected chi connectivity index (χ2v) is 3.45. The Kier molecular flexibility index (Phi) is 7.11. The van der Waals surface area contributed by atoms with Crippen molar-refractivity contribution in [2.24, 2.45) is 5.92 Å². The van der Waals surface area contributed by atoms with E-state index in [4.69, 9.17) is 0 Å². The van der Waals surface area contributed by atoms with E-state index in [0.29, 0.717) is 0 Å². The van der Waals surface area contributed by atoms with Gasteiger partial charge in [-0.1, -0.05) is 59.3 Å². The van der Waals surface area contributed by atoms with Crippen molar-refractivity contribution in [2.75, 3.05) is 0 Å². The van der Waals surface area contributed by atoms with Crippen LogP contribution in [0.4, 0.5) is 0 Å². The summed E-state index contributed by atoms with van der Waals surface area (Å²) in [5.74, 6) is 1.04. The van der Waals surface area contributed by atoms with E-state index in [2.05, 4.69) is 20.8 Å². The van der Waals surface area contributed by atoms with Crippen LogP contribution in [0, 0.1) is 5.92 Å². The van der Waals surface area contributed by atoms with Gasteiger partial charge in [-0.05, 0) is 5.92 Å². The summed E-state index contributed by atoms with van der Waals surface area (Å²) in [7, 11) is 0. The Morgan fingerprint density at radius 1 is 1.10 bits per heavy atom. The lowest BCUT2D eigenvalue weighted by Crippen LogP contribution is -1.99. The van der Waals surface area contributed by atoms with E-state index in [1.54, 1.807) is 0 Å². The molecule has 0 atom stereocenters. The molecule has 0 nitrogen and oxygen atoms in total. The molecular weight excluding hydrogens is 120 g/mol. The van der Waals surface area contributed by atoms with Crippen molar-refractivity contribution < 1.29 is 1.43 Å². The van der Waals surface area contributed by atoms with Crippen LogP contribution >= 0.6 is 0 Å². The molecule has 0 unspecified atom stereocenters. The maximum absolute atomic E-state index is 2.36. The van der Waals surface area contributed by atoms with Gasteiger partial charge in [0.25, 0.3) is 0 Å². The highest BCUT2D eigenvalue weighted by molar-refractivity contribution is 4.59. The molecule has 0 N–H and O–H groups in total. The molecule has 0 aromatic heterocycles. The van der Waals surface area contributed by atoms with Gasteiger partial charge in [0.15, 0.2) is 0 Å². The molecule has 64 valence electrons. The van der Waals surface area contributed by atoms with Gasteiger partial charge >= 0.3 is 0 Å². The van der Waals surface area contributed by atoms with Crippen molar-refractivity contribution in [3.05, 3.63) is 0 Å². The Bertz CT molecular complexity index is 55.9. The minimum Gasteiger partial charge on any atom is -0.0656 e. The van der Waals surface area contributed by atoms with Gasteiger partial charge < -0.3 is 0 Å². The van der Waals surface area contributed by atoms with Crippen LogP contribution < -0.4 is 0 Å². The highest BCUT2D eigenvalue weighted by Crippen LogP contribution is 2.21. The summed E-state index contributed by atoms with van der Waals surface area (Å²) in [5.41, 5.74) is 0. The van der Waals surface area contributed by atoms with Crippen LogP contribution in [0.15, 0.2) is 0 Å². The van der Waals surface area contributed by atoms with Crippen LogP contribution in [-0.4, -0.2) is 0 Å². The lowest BCUT2D eigenvalue weighted by molar-refractivity contribution is 0.385. The molecule has 10 heavy (non-hydrogen) atoms. The molecule has 1 saturated carbocycles. The predicted molar refractivity (Wildman–Crippen MR) is 50.3 cm³/mol. The number of hydrogen-bond donors (Lipinski definition) is 0. The molecule has 0 heteroatoms. The Morgan fingerprint density at radius 2 is 1.50 bits per heavy atom. The summed E-state index contributed by atoms with van der Waals surface area (Å²) in [5, 5.41) is 0. The SMILES string of the molecule is CC1CCCCC1.CCC.[HH]. The van der Waals surface area contributed by atoms with Gasteiger partial charge in [0.05, 0.1) is 0 Å². The van der Waals surface area contributed by atoms with Crippen molar-refractivity contribution in [2.45, 2.75) is 59.3 Å². The molecule has 1 rings (SSSR count). The highest BCUT2D eigenvalue weighted by atomic mass is 14.1. The molecule has 0 radical (unpaired) electrons. The van der Waals surface area contributed by atoms with Crippen molar-refractivity contribution in [3.63, 3.8) is 0 Å². The summed E-state index contributed by atoms with van der Waals surface area (Å²) < 4.78 is 0. The second-order valence-electron chi connectivity index (χ2n) is 3.45. The Hall–Kier alpha value is 0. The summed E-state index contributed by atoms with van der Waals surface area (Å²) >= 11 is 0. The van der Waals surface area contributed by atoms with E-state index in [1.165, 1.54) is 38.5 Å². The van der Waals surface area contributed by atoms with Crippen LogP contribution in [0.1, 0.15) is 60.7 Å². The molecular formula is C10H24. The quantitative estimate of drug-likeness (QED) is 0.477.